The van der Waals surface area contributed by atoms with Crippen LogP contribution in [0.25, 0.3) is 0 Å². The first-order valence-corrected chi connectivity index (χ1v) is 15.3. The normalized spacial score (nSPS) is 18.2. The fourth-order valence-corrected chi connectivity index (χ4v) is 6.13. The van der Waals surface area contributed by atoms with E-state index in [0.29, 0.717) is 24.5 Å². The minimum atomic E-state index is -0.880. The van der Waals surface area contributed by atoms with Crippen molar-refractivity contribution < 1.29 is 29.0 Å². The number of carbonyl (C=O) groups is 3. The van der Waals surface area contributed by atoms with Crippen LogP contribution in [0.15, 0.2) is 98.1 Å². The molecule has 0 bridgehead atoms. The fourth-order valence-electron chi connectivity index (χ4n) is 6.13. The van der Waals surface area contributed by atoms with Crippen molar-refractivity contribution in [3.63, 3.8) is 0 Å². The van der Waals surface area contributed by atoms with E-state index in [0.717, 1.165) is 16.7 Å². The van der Waals surface area contributed by atoms with E-state index < -0.39 is 12.2 Å². The van der Waals surface area contributed by atoms with Gasteiger partial charge in [0.05, 0.1) is 20.2 Å². The van der Waals surface area contributed by atoms with Crippen LogP contribution in [0.2, 0.25) is 0 Å². The second-order valence-electron chi connectivity index (χ2n) is 11.3. The SMILES string of the molecule is C=CCOc1c(CN2C[C@H]3N(C(=O)CN(CC=C)N3C(=O)CCc3ccccc3)[C@@H](Cc3ccc(O)cc3)C2=O)cccc1OC. The van der Waals surface area contributed by atoms with Gasteiger partial charge in [-0.05, 0) is 35.7 Å². The van der Waals surface area contributed by atoms with E-state index in [1.807, 2.05) is 42.5 Å². The number of para-hydroxylation sites is 1. The summed E-state index contributed by atoms with van der Waals surface area (Å²) in [4.78, 5) is 45.5. The van der Waals surface area contributed by atoms with E-state index in [9.17, 15) is 19.5 Å². The lowest BCUT2D eigenvalue weighted by Crippen LogP contribution is -2.75. The molecule has 5 rings (SSSR count). The summed E-state index contributed by atoms with van der Waals surface area (Å²) in [5, 5.41) is 13.2. The number of aryl methyl sites for hydroxylation is 1. The highest BCUT2D eigenvalue weighted by Gasteiger charge is 2.51. The number of piperazine rings is 1. The smallest absolute Gasteiger partial charge is 0.246 e. The molecule has 2 aliphatic heterocycles. The molecule has 46 heavy (non-hydrogen) atoms. The van der Waals surface area contributed by atoms with Crippen molar-refractivity contribution in [1.82, 2.24) is 19.8 Å². The molecular formula is C36H40N4O6. The fraction of sp³-hybridized carbons (Fsp3) is 0.306. The molecule has 3 aromatic carbocycles. The Morgan fingerprint density at radius 2 is 1.74 bits per heavy atom. The third-order valence-electron chi connectivity index (χ3n) is 8.25. The number of phenolic OH excluding ortho intramolecular Hbond substituents is 1. The molecule has 3 amide bonds. The number of carbonyl (C=O) groups excluding carboxylic acids is 3. The van der Waals surface area contributed by atoms with Gasteiger partial charge in [0.25, 0.3) is 0 Å². The van der Waals surface area contributed by atoms with Crippen LogP contribution < -0.4 is 9.47 Å². The molecule has 2 saturated heterocycles. The molecule has 1 N–H and O–H groups in total. The number of aromatic hydroxyl groups is 1. The van der Waals surface area contributed by atoms with Gasteiger partial charge < -0.3 is 24.4 Å². The first kappa shape index (κ1) is 32.3. The quantitative estimate of drug-likeness (QED) is 0.288. The molecule has 0 saturated carbocycles. The Kier molecular flexibility index (Phi) is 10.4. The van der Waals surface area contributed by atoms with Crippen molar-refractivity contribution >= 4 is 17.7 Å². The molecule has 10 heteroatoms. The third-order valence-corrected chi connectivity index (χ3v) is 8.25. The highest BCUT2D eigenvalue weighted by molar-refractivity contribution is 5.92. The summed E-state index contributed by atoms with van der Waals surface area (Å²) in [5.74, 6) is 0.485. The van der Waals surface area contributed by atoms with Crippen LogP contribution in [0.5, 0.6) is 17.2 Å². The van der Waals surface area contributed by atoms with Crippen molar-refractivity contribution in [3.05, 3.63) is 115 Å². The zero-order valence-corrected chi connectivity index (χ0v) is 26.1. The Bertz CT molecular complexity index is 1560. The highest BCUT2D eigenvalue weighted by atomic mass is 16.5. The lowest BCUT2D eigenvalue weighted by atomic mass is 9.98. The van der Waals surface area contributed by atoms with Gasteiger partial charge in [-0.3, -0.25) is 14.4 Å². The van der Waals surface area contributed by atoms with Gasteiger partial charge >= 0.3 is 0 Å². The van der Waals surface area contributed by atoms with E-state index in [-0.39, 0.29) is 62.6 Å². The van der Waals surface area contributed by atoms with Gasteiger partial charge in [-0.2, -0.15) is 0 Å². The molecule has 0 unspecified atom stereocenters. The third kappa shape index (κ3) is 7.07. The standard InChI is InChI=1S/C36H40N4O6/c1-4-20-38-25-34(43)39-30(22-27-14-17-29(41)18-15-27)36(44)37(23-28-12-9-13-31(45-3)35(28)46-21-5-2)24-32(39)40(38)33(42)19-16-26-10-7-6-8-11-26/h4-15,17-18,30,32,41H,1-2,16,19-25H2,3H3/t30-,32-/m0/s1. The number of rotatable bonds is 13. The average Bonchev–Trinajstić information content (AvgIpc) is 3.06. The number of benzene rings is 3. The second kappa shape index (κ2) is 14.8. The van der Waals surface area contributed by atoms with Crippen molar-refractivity contribution in [2.45, 2.75) is 38.0 Å². The predicted octanol–water partition coefficient (Wildman–Crippen LogP) is 3.95. The largest absolute Gasteiger partial charge is 0.508 e. The maximum absolute atomic E-state index is 14.3. The van der Waals surface area contributed by atoms with Crippen LogP contribution in [0, 0.1) is 0 Å². The van der Waals surface area contributed by atoms with Crippen LogP contribution in [0.1, 0.15) is 23.1 Å². The van der Waals surface area contributed by atoms with Crippen molar-refractivity contribution in [2.75, 3.05) is 33.4 Å². The van der Waals surface area contributed by atoms with Crippen molar-refractivity contribution in [1.29, 1.82) is 0 Å². The summed E-state index contributed by atoms with van der Waals surface area (Å²) in [7, 11) is 1.55. The summed E-state index contributed by atoms with van der Waals surface area (Å²) < 4.78 is 11.5. The van der Waals surface area contributed by atoms with Crippen LogP contribution >= 0.6 is 0 Å². The predicted molar refractivity (Wildman–Crippen MR) is 174 cm³/mol. The van der Waals surface area contributed by atoms with Crippen LogP contribution in [-0.4, -0.2) is 88.2 Å². The summed E-state index contributed by atoms with van der Waals surface area (Å²) in [5.41, 5.74) is 2.53. The minimum absolute atomic E-state index is 0.0611. The molecule has 0 radical (unpaired) electrons. The van der Waals surface area contributed by atoms with E-state index in [1.165, 1.54) is 0 Å². The van der Waals surface area contributed by atoms with Gasteiger partial charge in [-0.25, -0.2) is 10.0 Å². The molecule has 2 fully saturated rings. The first-order valence-electron chi connectivity index (χ1n) is 15.3. The number of fused-ring (bicyclic) bond motifs is 1. The number of amides is 3. The maximum Gasteiger partial charge on any atom is 0.246 e. The molecule has 0 aliphatic carbocycles. The van der Waals surface area contributed by atoms with Crippen LogP contribution in [0.3, 0.4) is 0 Å². The Hall–Kier alpha value is -5.09. The Morgan fingerprint density at radius 1 is 0.978 bits per heavy atom. The summed E-state index contributed by atoms with van der Waals surface area (Å²) in [6.07, 6.45) is 3.53. The summed E-state index contributed by atoms with van der Waals surface area (Å²) in [6.45, 7) is 8.34. The minimum Gasteiger partial charge on any atom is -0.508 e. The molecular weight excluding hydrogens is 584 g/mol. The molecule has 3 aromatic rings. The number of hydrazine groups is 1. The number of methoxy groups -OCH3 is 1. The van der Waals surface area contributed by atoms with E-state index in [4.69, 9.17) is 9.47 Å². The molecule has 0 spiro atoms. The molecule has 2 heterocycles. The van der Waals surface area contributed by atoms with Gasteiger partial charge in [0.2, 0.25) is 17.7 Å². The number of nitrogens with zero attached hydrogens (tertiary/aromatic N) is 4. The van der Waals surface area contributed by atoms with E-state index >= 15 is 0 Å². The Labute approximate surface area is 269 Å². The topological polar surface area (TPSA) is 103 Å². The van der Waals surface area contributed by atoms with Gasteiger partial charge in [0.15, 0.2) is 11.5 Å². The molecule has 240 valence electrons. The van der Waals surface area contributed by atoms with Gasteiger partial charge in [-0.1, -0.05) is 73.3 Å². The summed E-state index contributed by atoms with van der Waals surface area (Å²) in [6, 6.07) is 21.0. The highest BCUT2D eigenvalue weighted by Crippen LogP contribution is 2.35. The lowest BCUT2D eigenvalue weighted by molar-refractivity contribution is -0.205. The van der Waals surface area contributed by atoms with Gasteiger partial charge in [0, 0.05) is 31.5 Å². The number of hydrogen-bond donors (Lipinski definition) is 1. The molecule has 10 nitrogen and oxygen atoms in total. The summed E-state index contributed by atoms with van der Waals surface area (Å²) >= 11 is 0. The van der Waals surface area contributed by atoms with Gasteiger partial charge in [0.1, 0.15) is 24.6 Å². The van der Waals surface area contributed by atoms with Gasteiger partial charge in [-0.15, -0.1) is 6.58 Å². The first-order chi connectivity index (χ1) is 22.3. The zero-order chi connectivity index (χ0) is 32.6. The molecule has 0 aromatic heterocycles. The monoisotopic (exact) mass is 624 g/mol. The number of ether oxygens (including phenoxy) is 2. The number of phenols is 1. The second-order valence-corrected chi connectivity index (χ2v) is 11.3. The van der Waals surface area contributed by atoms with Crippen molar-refractivity contribution in [3.8, 4) is 17.2 Å². The molecule has 2 atom stereocenters. The average molecular weight is 625 g/mol. The van der Waals surface area contributed by atoms with Crippen LogP contribution in [-0.2, 0) is 33.8 Å². The lowest BCUT2D eigenvalue weighted by Gasteiger charge is -2.55. The zero-order valence-electron chi connectivity index (χ0n) is 26.1. The van der Waals surface area contributed by atoms with E-state index in [2.05, 4.69) is 13.2 Å². The Balaban J connectivity index is 1.53. The number of hydrogen-bond acceptors (Lipinski definition) is 7. The maximum atomic E-state index is 14.3. The van der Waals surface area contributed by atoms with E-state index in [1.54, 1.807) is 69.4 Å². The van der Waals surface area contributed by atoms with Crippen LogP contribution in [0.4, 0.5) is 0 Å². The Morgan fingerprint density at radius 3 is 2.43 bits per heavy atom. The van der Waals surface area contributed by atoms with Crippen molar-refractivity contribution in [2.24, 2.45) is 0 Å². The molecule has 2 aliphatic rings.